The maximum Gasteiger partial charge on any atom is 0.335 e. The SMILES string of the molecule is Cc1ccc(N2C(=O)NC(=O)/C(=C/c3cc(Cl)c(OCc4ccc5ccccc5c4)c(Br)c3)C2=O)cc1Cl. The number of hydrogen-bond donors (Lipinski definition) is 1. The third kappa shape index (κ3) is 5.18. The van der Waals surface area contributed by atoms with Gasteiger partial charge in [0.2, 0.25) is 0 Å². The van der Waals surface area contributed by atoms with Crippen LogP contribution in [0.4, 0.5) is 10.5 Å². The predicted octanol–water partition coefficient (Wildman–Crippen LogP) is 7.46. The molecule has 38 heavy (non-hydrogen) atoms. The van der Waals surface area contributed by atoms with Gasteiger partial charge in [0.1, 0.15) is 12.2 Å². The molecule has 0 aliphatic carbocycles. The number of fused-ring (bicyclic) bond motifs is 1. The summed E-state index contributed by atoms with van der Waals surface area (Å²) in [6.07, 6.45) is 1.37. The Kier molecular flexibility index (Phi) is 7.25. The van der Waals surface area contributed by atoms with Crippen molar-refractivity contribution >= 4 is 79.5 Å². The van der Waals surface area contributed by atoms with E-state index in [0.29, 0.717) is 27.4 Å². The monoisotopic (exact) mass is 608 g/mol. The summed E-state index contributed by atoms with van der Waals surface area (Å²) in [6, 6.07) is 21.3. The Morgan fingerprint density at radius 3 is 2.42 bits per heavy atom. The van der Waals surface area contributed by atoms with Crippen LogP contribution in [0.1, 0.15) is 16.7 Å². The van der Waals surface area contributed by atoms with Crippen molar-refractivity contribution in [2.45, 2.75) is 13.5 Å². The number of benzene rings is 4. The van der Waals surface area contributed by atoms with Crippen molar-refractivity contribution in [1.82, 2.24) is 5.32 Å². The molecule has 0 spiro atoms. The standard InChI is InChI=1S/C29H19BrCl2N2O4/c1-16-6-9-21(14-24(16)31)34-28(36)22(27(35)33-29(34)37)11-18-12-23(30)26(25(32)13-18)38-15-17-7-8-19-4-2-3-5-20(19)10-17/h2-14H,15H2,1H3,(H,33,35,37)/b22-11-. The van der Waals surface area contributed by atoms with Gasteiger partial charge in [-0.05, 0) is 86.7 Å². The average molecular weight is 610 g/mol. The molecular formula is C29H19BrCl2N2O4. The number of anilines is 1. The number of barbiturate groups is 1. The molecule has 0 unspecified atom stereocenters. The van der Waals surface area contributed by atoms with E-state index in [9.17, 15) is 14.4 Å². The fraction of sp³-hybridized carbons (Fsp3) is 0.0690. The number of nitrogens with zero attached hydrogens (tertiary/aromatic N) is 1. The van der Waals surface area contributed by atoms with Gasteiger partial charge < -0.3 is 4.74 Å². The fourth-order valence-corrected chi connectivity index (χ4v) is 5.23. The minimum atomic E-state index is -0.853. The molecule has 4 aromatic carbocycles. The highest BCUT2D eigenvalue weighted by Gasteiger charge is 2.37. The molecule has 1 saturated heterocycles. The van der Waals surface area contributed by atoms with Gasteiger partial charge in [0.05, 0.1) is 15.2 Å². The number of ether oxygens (including phenoxy) is 1. The van der Waals surface area contributed by atoms with Crippen LogP contribution >= 0.6 is 39.1 Å². The molecule has 4 amide bonds. The number of carbonyl (C=O) groups is 3. The highest BCUT2D eigenvalue weighted by atomic mass is 79.9. The quantitative estimate of drug-likeness (QED) is 0.188. The van der Waals surface area contributed by atoms with E-state index in [1.54, 1.807) is 31.2 Å². The van der Waals surface area contributed by atoms with Crippen molar-refractivity contribution in [3.8, 4) is 5.75 Å². The molecule has 1 aliphatic heterocycles. The van der Waals surface area contributed by atoms with Gasteiger partial charge in [0.15, 0.2) is 5.75 Å². The van der Waals surface area contributed by atoms with Gasteiger partial charge in [0, 0.05) is 5.02 Å². The van der Waals surface area contributed by atoms with Crippen molar-refractivity contribution in [2.24, 2.45) is 0 Å². The lowest BCUT2D eigenvalue weighted by Crippen LogP contribution is -2.54. The maximum absolute atomic E-state index is 13.2. The molecule has 6 nitrogen and oxygen atoms in total. The van der Waals surface area contributed by atoms with Crippen molar-refractivity contribution in [1.29, 1.82) is 0 Å². The molecule has 1 N–H and O–H groups in total. The van der Waals surface area contributed by atoms with Crippen LogP contribution in [0.25, 0.3) is 16.8 Å². The smallest absolute Gasteiger partial charge is 0.335 e. The number of urea groups is 1. The van der Waals surface area contributed by atoms with Crippen LogP contribution in [-0.2, 0) is 16.2 Å². The minimum absolute atomic E-state index is 0.228. The number of hydrogen-bond acceptors (Lipinski definition) is 4. The minimum Gasteiger partial charge on any atom is -0.486 e. The third-order valence-corrected chi connectivity index (χ3v) is 7.32. The Morgan fingerprint density at radius 2 is 1.68 bits per heavy atom. The molecule has 0 aromatic heterocycles. The molecule has 9 heteroatoms. The van der Waals surface area contributed by atoms with Crippen molar-refractivity contribution in [2.75, 3.05) is 4.90 Å². The molecule has 0 radical (unpaired) electrons. The van der Waals surface area contributed by atoms with Gasteiger partial charge in [-0.2, -0.15) is 0 Å². The Morgan fingerprint density at radius 1 is 0.921 bits per heavy atom. The van der Waals surface area contributed by atoms with E-state index in [-0.39, 0.29) is 16.3 Å². The predicted molar refractivity (Wildman–Crippen MR) is 153 cm³/mol. The average Bonchev–Trinajstić information content (AvgIpc) is 2.88. The summed E-state index contributed by atoms with van der Waals surface area (Å²) in [7, 11) is 0. The van der Waals surface area contributed by atoms with Gasteiger partial charge >= 0.3 is 6.03 Å². The largest absolute Gasteiger partial charge is 0.486 e. The van der Waals surface area contributed by atoms with E-state index in [2.05, 4.69) is 27.3 Å². The number of carbonyl (C=O) groups excluding carboxylic acids is 3. The number of amides is 4. The molecule has 0 atom stereocenters. The van der Waals surface area contributed by atoms with Crippen LogP contribution in [0.3, 0.4) is 0 Å². The summed E-state index contributed by atoms with van der Waals surface area (Å²) in [5.41, 5.74) is 2.25. The first-order valence-corrected chi connectivity index (χ1v) is 13.0. The summed E-state index contributed by atoms with van der Waals surface area (Å²) in [4.78, 5) is 39.1. The second-order valence-corrected chi connectivity index (χ2v) is 10.3. The first kappa shape index (κ1) is 26.0. The summed E-state index contributed by atoms with van der Waals surface area (Å²) in [5, 5.41) is 5.12. The number of halogens is 3. The third-order valence-electron chi connectivity index (χ3n) is 6.04. The second-order valence-electron chi connectivity index (χ2n) is 8.68. The Bertz CT molecular complexity index is 1640. The Labute approximate surface area is 236 Å². The molecule has 0 saturated carbocycles. The number of aryl methyl sites for hydroxylation is 1. The van der Waals surface area contributed by atoms with Gasteiger partial charge in [0.25, 0.3) is 11.8 Å². The van der Waals surface area contributed by atoms with E-state index in [0.717, 1.165) is 26.8 Å². The van der Waals surface area contributed by atoms with Crippen LogP contribution in [0, 0.1) is 6.92 Å². The molecule has 5 rings (SSSR count). The molecule has 1 heterocycles. The van der Waals surface area contributed by atoms with E-state index < -0.39 is 17.8 Å². The van der Waals surface area contributed by atoms with E-state index >= 15 is 0 Å². The van der Waals surface area contributed by atoms with E-state index in [1.807, 2.05) is 36.4 Å². The first-order chi connectivity index (χ1) is 18.2. The van der Waals surface area contributed by atoms with Crippen LogP contribution in [0.2, 0.25) is 10.0 Å². The molecule has 1 aliphatic rings. The topological polar surface area (TPSA) is 75.7 Å². The van der Waals surface area contributed by atoms with Crippen LogP contribution in [0.15, 0.2) is 82.8 Å². The van der Waals surface area contributed by atoms with Gasteiger partial charge in [-0.15, -0.1) is 0 Å². The number of rotatable bonds is 5. The summed E-state index contributed by atoms with van der Waals surface area (Å²) >= 11 is 16.2. The fourth-order valence-electron chi connectivity index (χ4n) is 4.06. The number of imide groups is 2. The van der Waals surface area contributed by atoms with Crippen molar-refractivity contribution < 1.29 is 19.1 Å². The molecule has 4 aromatic rings. The lowest BCUT2D eigenvalue weighted by molar-refractivity contribution is -0.122. The van der Waals surface area contributed by atoms with Gasteiger partial charge in [-0.1, -0.05) is 65.7 Å². The zero-order chi connectivity index (χ0) is 27.0. The zero-order valence-corrected chi connectivity index (χ0v) is 23.0. The lowest BCUT2D eigenvalue weighted by atomic mass is 10.1. The van der Waals surface area contributed by atoms with Gasteiger partial charge in [-0.3, -0.25) is 14.9 Å². The van der Waals surface area contributed by atoms with E-state index in [1.165, 1.54) is 12.1 Å². The van der Waals surface area contributed by atoms with Crippen LogP contribution < -0.4 is 15.0 Å². The number of nitrogens with one attached hydrogen (secondary N) is 1. The molecule has 0 bridgehead atoms. The van der Waals surface area contributed by atoms with Crippen molar-refractivity contribution in [3.63, 3.8) is 0 Å². The normalized spacial score (nSPS) is 14.8. The summed E-state index contributed by atoms with van der Waals surface area (Å²) < 4.78 is 6.53. The van der Waals surface area contributed by atoms with Crippen molar-refractivity contribution in [3.05, 3.63) is 110 Å². The molecular weight excluding hydrogens is 591 g/mol. The second kappa shape index (κ2) is 10.6. The van der Waals surface area contributed by atoms with Gasteiger partial charge in [-0.25, -0.2) is 9.69 Å². The molecule has 1 fully saturated rings. The first-order valence-electron chi connectivity index (χ1n) is 11.5. The Hall–Kier alpha value is -3.65. The van der Waals surface area contributed by atoms with E-state index in [4.69, 9.17) is 27.9 Å². The maximum atomic E-state index is 13.2. The molecule has 190 valence electrons. The summed E-state index contributed by atoms with van der Waals surface area (Å²) in [6.45, 7) is 2.09. The lowest BCUT2D eigenvalue weighted by Gasteiger charge is -2.26. The highest BCUT2D eigenvalue weighted by molar-refractivity contribution is 9.10. The van der Waals surface area contributed by atoms with Crippen LogP contribution in [0.5, 0.6) is 5.75 Å². The Balaban J connectivity index is 1.40. The summed E-state index contributed by atoms with van der Waals surface area (Å²) in [5.74, 6) is -1.16. The van der Waals surface area contributed by atoms with Crippen LogP contribution in [-0.4, -0.2) is 17.8 Å². The zero-order valence-electron chi connectivity index (χ0n) is 19.9. The highest BCUT2D eigenvalue weighted by Crippen LogP contribution is 2.36.